The molecule has 1 aromatic heterocycles. The van der Waals surface area contributed by atoms with Crippen molar-refractivity contribution in [2.24, 2.45) is 31.1 Å². The SMILES string of the molecule is N=CN=N/N=N/N=Nc1cc[nH]c1. The summed E-state index contributed by atoms with van der Waals surface area (Å²) in [6.45, 7) is 0. The van der Waals surface area contributed by atoms with Gasteiger partial charge in [-0.25, -0.2) is 0 Å². The highest BCUT2D eigenvalue weighted by molar-refractivity contribution is 5.49. The van der Waals surface area contributed by atoms with Gasteiger partial charge in [0.15, 0.2) is 0 Å². The van der Waals surface area contributed by atoms with Gasteiger partial charge >= 0.3 is 0 Å². The number of aromatic amines is 1. The second-order valence-corrected chi connectivity index (χ2v) is 1.77. The maximum atomic E-state index is 6.45. The monoisotopic (exact) mass is 178 g/mol. The van der Waals surface area contributed by atoms with E-state index in [1.807, 2.05) is 0 Å². The number of aromatic nitrogens is 1. The first-order valence-corrected chi connectivity index (χ1v) is 3.26. The third-order valence-electron chi connectivity index (χ3n) is 0.971. The molecule has 8 heteroatoms. The van der Waals surface area contributed by atoms with E-state index in [2.05, 4.69) is 36.1 Å². The molecule has 0 spiro atoms. The van der Waals surface area contributed by atoms with E-state index in [-0.39, 0.29) is 0 Å². The summed E-state index contributed by atoms with van der Waals surface area (Å²) in [5.41, 5.74) is 0.642. The van der Waals surface area contributed by atoms with Crippen LogP contribution in [0.5, 0.6) is 0 Å². The van der Waals surface area contributed by atoms with Gasteiger partial charge in [0.05, 0.1) is 0 Å². The number of rotatable bonds is 4. The summed E-state index contributed by atoms with van der Waals surface area (Å²) in [6.07, 6.45) is 4.10. The molecule has 0 aromatic carbocycles. The highest BCUT2D eigenvalue weighted by Crippen LogP contribution is 2.08. The Labute approximate surface area is 73.0 Å². The summed E-state index contributed by atoms with van der Waals surface area (Å²) in [6, 6.07) is 1.72. The van der Waals surface area contributed by atoms with E-state index in [1.165, 1.54) is 0 Å². The largest absolute Gasteiger partial charge is 0.366 e. The predicted molar refractivity (Wildman–Crippen MR) is 43.8 cm³/mol. The quantitative estimate of drug-likeness (QED) is 0.305. The normalized spacial score (nSPS) is 12.0. The van der Waals surface area contributed by atoms with Crippen molar-refractivity contribution < 1.29 is 0 Å². The Balaban J connectivity index is 2.38. The molecule has 1 heterocycles. The van der Waals surface area contributed by atoms with Crippen molar-refractivity contribution in [2.75, 3.05) is 0 Å². The molecule has 0 bridgehead atoms. The molecule has 8 nitrogen and oxygen atoms in total. The molecular weight excluding hydrogens is 172 g/mol. The van der Waals surface area contributed by atoms with Gasteiger partial charge in [-0.15, -0.1) is 10.2 Å². The van der Waals surface area contributed by atoms with Crippen LogP contribution in [0, 0.1) is 5.41 Å². The first-order valence-electron chi connectivity index (χ1n) is 3.26. The topological polar surface area (TPSA) is 114 Å². The molecule has 0 radical (unpaired) electrons. The Bertz CT molecular complexity index is 320. The molecule has 0 unspecified atom stereocenters. The van der Waals surface area contributed by atoms with Gasteiger partial charge in [0.2, 0.25) is 0 Å². The Morgan fingerprint density at radius 1 is 1.23 bits per heavy atom. The fraction of sp³-hybridized carbons (Fsp3) is 0. The third kappa shape index (κ3) is 3.60. The molecule has 0 saturated carbocycles. The maximum absolute atomic E-state index is 6.45. The number of hydrogen-bond donors (Lipinski definition) is 2. The van der Waals surface area contributed by atoms with Crippen LogP contribution in [-0.4, -0.2) is 11.3 Å². The van der Waals surface area contributed by atoms with Crippen LogP contribution in [0.25, 0.3) is 0 Å². The van der Waals surface area contributed by atoms with E-state index in [9.17, 15) is 0 Å². The molecule has 0 amide bonds. The lowest BCUT2D eigenvalue weighted by Gasteiger charge is -1.75. The third-order valence-corrected chi connectivity index (χ3v) is 0.971. The standard InChI is InChI=1S/C5H6N8/c6-4-8-10-12-13-11-9-5-1-2-7-3-5/h1-4,6-7H/b6-4?,10-8?,11-9?,13-12+. The zero-order valence-corrected chi connectivity index (χ0v) is 6.49. The Hall–Kier alpha value is -2.25. The minimum atomic E-state index is 0.642. The van der Waals surface area contributed by atoms with Crippen LogP contribution in [0.2, 0.25) is 0 Å². The van der Waals surface area contributed by atoms with E-state index >= 15 is 0 Å². The Morgan fingerprint density at radius 2 is 2.08 bits per heavy atom. The van der Waals surface area contributed by atoms with Crippen molar-refractivity contribution in [1.82, 2.24) is 4.98 Å². The van der Waals surface area contributed by atoms with Gasteiger partial charge < -0.3 is 4.98 Å². The fourth-order valence-corrected chi connectivity index (χ4v) is 0.534. The van der Waals surface area contributed by atoms with Crippen molar-refractivity contribution in [3.63, 3.8) is 0 Å². The van der Waals surface area contributed by atoms with Crippen LogP contribution in [0.1, 0.15) is 0 Å². The van der Waals surface area contributed by atoms with Crippen LogP contribution >= 0.6 is 0 Å². The van der Waals surface area contributed by atoms with Crippen molar-refractivity contribution in [2.45, 2.75) is 0 Å². The van der Waals surface area contributed by atoms with E-state index < -0.39 is 0 Å². The molecule has 1 aromatic rings. The molecule has 0 saturated heterocycles. The van der Waals surface area contributed by atoms with Crippen molar-refractivity contribution >= 4 is 12.0 Å². The van der Waals surface area contributed by atoms with Crippen LogP contribution in [-0.2, 0) is 0 Å². The zero-order valence-electron chi connectivity index (χ0n) is 6.49. The summed E-state index contributed by atoms with van der Waals surface area (Å²) in [5, 5.41) is 25.9. The number of nitrogens with one attached hydrogen (secondary N) is 2. The summed E-state index contributed by atoms with van der Waals surface area (Å²) in [5.74, 6) is 0. The fourth-order valence-electron chi connectivity index (χ4n) is 0.534. The molecule has 0 aliphatic heterocycles. The molecule has 0 atom stereocenters. The van der Waals surface area contributed by atoms with Gasteiger partial charge in [-0.1, -0.05) is 0 Å². The second-order valence-electron chi connectivity index (χ2n) is 1.77. The predicted octanol–water partition coefficient (Wildman–Crippen LogP) is 2.44. The van der Waals surface area contributed by atoms with Gasteiger partial charge in [0.1, 0.15) is 12.0 Å². The summed E-state index contributed by atoms with van der Waals surface area (Å²) in [7, 11) is 0. The van der Waals surface area contributed by atoms with Crippen molar-refractivity contribution in [1.29, 1.82) is 5.41 Å². The lowest BCUT2D eigenvalue weighted by molar-refractivity contribution is 0.861. The molecule has 2 N–H and O–H groups in total. The van der Waals surface area contributed by atoms with Crippen molar-refractivity contribution in [3.05, 3.63) is 18.5 Å². The van der Waals surface area contributed by atoms with Crippen LogP contribution < -0.4 is 0 Å². The van der Waals surface area contributed by atoms with Gasteiger partial charge in [0.25, 0.3) is 0 Å². The van der Waals surface area contributed by atoms with Gasteiger partial charge in [-0.2, -0.15) is 0 Å². The lowest BCUT2D eigenvalue weighted by Crippen LogP contribution is -1.53. The molecule has 1 rings (SSSR count). The highest BCUT2D eigenvalue weighted by Gasteiger charge is 1.83. The Kier molecular flexibility index (Phi) is 3.68. The minimum absolute atomic E-state index is 0.642. The smallest absolute Gasteiger partial charge is 0.131 e. The van der Waals surface area contributed by atoms with Crippen LogP contribution in [0.4, 0.5) is 5.69 Å². The second kappa shape index (κ2) is 5.41. The number of nitrogens with zero attached hydrogens (tertiary/aromatic N) is 6. The molecular formula is C5H6N8. The highest BCUT2D eigenvalue weighted by atomic mass is 15.6. The first-order chi connectivity index (χ1) is 6.43. The molecule has 66 valence electrons. The average Bonchev–Trinajstić information content (AvgIpc) is 2.63. The average molecular weight is 178 g/mol. The first kappa shape index (κ1) is 8.84. The molecule has 0 aliphatic rings. The van der Waals surface area contributed by atoms with E-state index in [1.54, 1.807) is 18.5 Å². The Morgan fingerprint density at radius 3 is 2.77 bits per heavy atom. The summed E-state index contributed by atoms with van der Waals surface area (Å²) < 4.78 is 0. The number of hydrogen-bond acceptors (Lipinski definition) is 2. The minimum Gasteiger partial charge on any atom is -0.366 e. The molecule has 0 fully saturated rings. The van der Waals surface area contributed by atoms with Crippen LogP contribution in [0.15, 0.2) is 49.6 Å². The molecule has 0 aliphatic carbocycles. The van der Waals surface area contributed by atoms with Gasteiger partial charge in [-0.3, -0.25) is 5.41 Å². The maximum Gasteiger partial charge on any atom is 0.131 e. The number of H-pyrrole nitrogens is 1. The van der Waals surface area contributed by atoms with Crippen LogP contribution in [0.3, 0.4) is 0 Å². The summed E-state index contributed by atoms with van der Waals surface area (Å²) >= 11 is 0. The van der Waals surface area contributed by atoms with Gasteiger partial charge in [0, 0.05) is 12.4 Å². The zero-order chi connectivity index (χ0) is 9.36. The summed E-state index contributed by atoms with van der Waals surface area (Å²) in [4.78, 5) is 2.79. The van der Waals surface area contributed by atoms with Gasteiger partial charge in [-0.05, 0) is 27.0 Å². The van der Waals surface area contributed by atoms with E-state index in [0.29, 0.717) is 5.69 Å². The lowest BCUT2D eigenvalue weighted by atomic mass is 10.6. The molecule has 13 heavy (non-hydrogen) atoms. The van der Waals surface area contributed by atoms with E-state index in [0.717, 1.165) is 6.34 Å². The van der Waals surface area contributed by atoms with Crippen molar-refractivity contribution in [3.8, 4) is 0 Å². The van der Waals surface area contributed by atoms with E-state index in [4.69, 9.17) is 5.41 Å².